The number of likely N-dealkylation sites (tertiary alicyclic amines) is 1. The van der Waals surface area contributed by atoms with Crippen molar-refractivity contribution in [3.63, 3.8) is 0 Å². The van der Waals surface area contributed by atoms with E-state index in [-0.39, 0.29) is 30.1 Å². The van der Waals surface area contributed by atoms with E-state index in [0.29, 0.717) is 12.8 Å². The number of halogens is 1. The number of hydroxylamine groups is 1. The molecule has 1 aliphatic heterocycles. The fourth-order valence-electron chi connectivity index (χ4n) is 4.58. The summed E-state index contributed by atoms with van der Waals surface area (Å²) < 4.78 is 20.3. The number of ether oxygens (including phenoxy) is 1. The van der Waals surface area contributed by atoms with Gasteiger partial charge in [-0.15, -0.1) is 0 Å². The van der Waals surface area contributed by atoms with Crippen LogP contribution >= 0.6 is 0 Å². The number of carbonyl (C=O) groups is 2. The Balaban J connectivity index is 0.000000375. The van der Waals surface area contributed by atoms with E-state index in [2.05, 4.69) is 11.9 Å². The number of aryl methyl sites for hydroxylation is 1. The Bertz CT molecular complexity index is 1210. The van der Waals surface area contributed by atoms with Crippen LogP contribution in [0.25, 0.3) is 10.9 Å². The Morgan fingerprint density at radius 3 is 2.67 bits per heavy atom. The highest BCUT2D eigenvalue weighted by atomic mass is 19.1. The van der Waals surface area contributed by atoms with Gasteiger partial charge in [0.15, 0.2) is 11.6 Å². The first-order chi connectivity index (χ1) is 17.5. The first kappa shape index (κ1) is 25.6. The molecular formula is C28H32FN3O4. The molecule has 2 heterocycles. The van der Waals surface area contributed by atoms with Gasteiger partial charge in [-0.25, -0.2) is 9.87 Å². The number of hydrogen-bond donors (Lipinski definition) is 2. The lowest BCUT2D eigenvalue weighted by Crippen LogP contribution is -2.21. The summed E-state index contributed by atoms with van der Waals surface area (Å²) in [6.45, 7) is 4.26. The van der Waals surface area contributed by atoms with Crippen molar-refractivity contribution in [1.29, 1.82) is 0 Å². The first-order valence-electron chi connectivity index (χ1n) is 12.4. The van der Waals surface area contributed by atoms with E-state index in [1.165, 1.54) is 18.9 Å². The van der Waals surface area contributed by atoms with E-state index >= 15 is 0 Å². The minimum atomic E-state index is -0.416. The molecule has 3 aromatic rings. The first-order valence-corrected chi connectivity index (χ1v) is 12.4. The van der Waals surface area contributed by atoms with Crippen molar-refractivity contribution >= 4 is 23.2 Å². The molecule has 5 rings (SSSR count). The third kappa shape index (κ3) is 6.37. The molecule has 2 fully saturated rings. The molecule has 36 heavy (non-hydrogen) atoms. The molecule has 1 saturated heterocycles. The molecule has 0 spiro atoms. The standard InChI is InChI=1S/C23H23FN2O3.C5H9NO/c1-2-17-11-16(18-5-3-4-6-21(18)25-17)13-29-22-8-7-14(10-20(22)24)9-15-12-19(15)23(27)26-28;7-5-6-3-1-2-4-6/h3-8,10-11,15,19,28H,2,9,12-13H2,1H3,(H,26,27);5H,1-4H2. The van der Waals surface area contributed by atoms with E-state index in [1.54, 1.807) is 16.4 Å². The van der Waals surface area contributed by atoms with Crippen LogP contribution in [-0.4, -0.2) is 40.5 Å². The van der Waals surface area contributed by atoms with Gasteiger partial charge in [-0.05, 0) is 67.9 Å². The normalized spacial score (nSPS) is 18.4. The van der Waals surface area contributed by atoms with E-state index in [4.69, 9.17) is 9.94 Å². The lowest BCUT2D eigenvalue weighted by atomic mass is 10.1. The zero-order valence-corrected chi connectivity index (χ0v) is 20.5. The SMILES string of the molecule is CCc1cc(COc2ccc(CC3CC3C(=O)NO)cc2F)c2ccccc2n1.O=CN1CCCC1. The van der Waals surface area contributed by atoms with Gasteiger partial charge in [0, 0.05) is 35.7 Å². The van der Waals surface area contributed by atoms with Crippen LogP contribution in [0.15, 0.2) is 48.5 Å². The summed E-state index contributed by atoms with van der Waals surface area (Å²) in [5.41, 5.74) is 5.36. The Labute approximate surface area is 210 Å². The van der Waals surface area contributed by atoms with Crippen molar-refractivity contribution in [2.45, 2.75) is 45.6 Å². The highest BCUT2D eigenvalue weighted by molar-refractivity contribution is 5.82. The Morgan fingerprint density at radius 2 is 2.00 bits per heavy atom. The Morgan fingerprint density at radius 1 is 1.22 bits per heavy atom. The second-order valence-electron chi connectivity index (χ2n) is 9.33. The number of aromatic nitrogens is 1. The number of amides is 2. The molecule has 2 atom stereocenters. The fourth-order valence-corrected chi connectivity index (χ4v) is 4.58. The summed E-state index contributed by atoms with van der Waals surface area (Å²) in [6, 6.07) is 14.8. The zero-order chi connectivity index (χ0) is 25.5. The molecular weight excluding hydrogens is 461 g/mol. The molecule has 1 aliphatic carbocycles. The van der Waals surface area contributed by atoms with Gasteiger partial charge in [-0.2, -0.15) is 0 Å². The molecule has 7 nitrogen and oxygen atoms in total. The summed E-state index contributed by atoms with van der Waals surface area (Å²) in [5.74, 6) is -0.629. The summed E-state index contributed by atoms with van der Waals surface area (Å²) in [7, 11) is 0. The summed E-state index contributed by atoms with van der Waals surface area (Å²) in [4.78, 5) is 27.8. The van der Waals surface area contributed by atoms with E-state index in [1.807, 2.05) is 36.4 Å². The number of benzene rings is 2. The molecule has 0 bridgehead atoms. The highest BCUT2D eigenvalue weighted by Crippen LogP contribution is 2.41. The minimum absolute atomic E-state index is 0.143. The molecule has 0 radical (unpaired) electrons. The van der Waals surface area contributed by atoms with Gasteiger partial charge < -0.3 is 9.64 Å². The van der Waals surface area contributed by atoms with Crippen LogP contribution in [0.2, 0.25) is 0 Å². The highest BCUT2D eigenvalue weighted by Gasteiger charge is 2.42. The van der Waals surface area contributed by atoms with Crippen molar-refractivity contribution in [2.75, 3.05) is 13.1 Å². The van der Waals surface area contributed by atoms with Crippen molar-refractivity contribution in [3.05, 3.63) is 71.2 Å². The number of pyridine rings is 1. The molecule has 2 amide bonds. The maximum absolute atomic E-state index is 14.5. The van der Waals surface area contributed by atoms with Crippen LogP contribution in [0.5, 0.6) is 5.75 Å². The topological polar surface area (TPSA) is 91.8 Å². The average molecular weight is 494 g/mol. The predicted octanol–water partition coefficient (Wildman–Crippen LogP) is 4.44. The molecule has 2 aliphatic rings. The maximum atomic E-state index is 14.5. The number of hydrogen-bond acceptors (Lipinski definition) is 5. The van der Waals surface area contributed by atoms with Crippen molar-refractivity contribution in [3.8, 4) is 5.75 Å². The average Bonchev–Trinajstić information content (AvgIpc) is 3.45. The number of nitrogens with one attached hydrogen (secondary N) is 1. The summed E-state index contributed by atoms with van der Waals surface area (Å²) in [6.07, 6.45) is 5.44. The molecule has 2 unspecified atom stereocenters. The molecule has 190 valence electrons. The van der Waals surface area contributed by atoms with Gasteiger partial charge in [-0.3, -0.25) is 19.8 Å². The van der Waals surface area contributed by atoms with Gasteiger partial charge in [0.1, 0.15) is 6.61 Å². The van der Waals surface area contributed by atoms with Gasteiger partial charge in [-0.1, -0.05) is 31.2 Å². The number of fused-ring (bicyclic) bond motifs is 1. The predicted molar refractivity (Wildman–Crippen MR) is 134 cm³/mol. The van der Waals surface area contributed by atoms with Gasteiger partial charge in [0.2, 0.25) is 12.3 Å². The third-order valence-corrected chi connectivity index (χ3v) is 6.75. The van der Waals surface area contributed by atoms with Gasteiger partial charge in [0.05, 0.1) is 5.52 Å². The van der Waals surface area contributed by atoms with Crippen LogP contribution in [-0.2, 0) is 29.0 Å². The molecule has 1 saturated carbocycles. The Kier molecular flexibility index (Phi) is 8.48. The van der Waals surface area contributed by atoms with Crippen molar-refractivity contribution in [2.24, 2.45) is 11.8 Å². The quantitative estimate of drug-likeness (QED) is 0.275. The lowest BCUT2D eigenvalue weighted by Gasteiger charge is -2.12. The van der Waals surface area contributed by atoms with Crippen molar-refractivity contribution in [1.82, 2.24) is 15.4 Å². The lowest BCUT2D eigenvalue weighted by molar-refractivity contribution is -0.130. The summed E-state index contributed by atoms with van der Waals surface area (Å²) >= 11 is 0. The maximum Gasteiger partial charge on any atom is 0.246 e. The zero-order valence-electron chi connectivity index (χ0n) is 20.5. The third-order valence-electron chi connectivity index (χ3n) is 6.75. The number of carbonyl (C=O) groups excluding carboxylic acids is 2. The van der Waals surface area contributed by atoms with Gasteiger partial charge >= 0.3 is 0 Å². The number of nitrogens with zero attached hydrogens (tertiary/aromatic N) is 2. The Hall–Kier alpha value is -3.52. The van der Waals surface area contributed by atoms with Crippen LogP contribution in [0, 0.1) is 17.7 Å². The van der Waals surface area contributed by atoms with Crippen LogP contribution < -0.4 is 10.2 Å². The van der Waals surface area contributed by atoms with E-state index in [0.717, 1.165) is 53.6 Å². The molecule has 2 N–H and O–H groups in total. The fraction of sp³-hybridized carbons (Fsp3) is 0.393. The monoisotopic (exact) mass is 493 g/mol. The number of rotatable bonds is 8. The van der Waals surface area contributed by atoms with Crippen LogP contribution in [0.1, 0.15) is 43.0 Å². The molecule has 1 aromatic heterocycles. The molecule has 8 heteroatoms. The largest absolute Gasteiger partial charge is 0.486 e. The van der Waals surface area contributed by atoms with Crippen LogP contribution in [0.4, 0.5) is 4.39 Å². The van der Waals surface area contributed by atoms with E-state index in [9.17, 15) is 14.0 Å². The smallest absolute Gasteiger partial charge is 0.246 e. The second kappa shape index (κ2) is 11.9. The van der Waals surface area contributed by atoms with Crippen LogP contribution in [0.3, 0.4) is 0 Å². The number of para-hydroxylation sites is 1. The van der Waals surface area contributed by atoms with Crippen molar-refractivity contribution < 1.29 is 23.9 Å². The molecule has 2 aromatic carbocycles. The summed E-state index contributed by atoms with van der Waals surface area (Å²) in [5, 5.41) is 9.68. The minimum Gasteiger partial charge on any atom is -0.486 e. The second-order valence-corrected chi connectivity index (χ2v) is 9.33. The van der Waals surface area contributed by atoms with E-state index < -0.39 is 5.82 Å². The van der Waals surface area contributed by atoms with Gasteiger partial charge in [0.25, 0.3) is 0 Å².